The van der Waals surface area contributed by atoms with Crippen LogP contribution in [-0.4, -0.2) is 34.3 Å². The van der Waals surface area contributed by atoms with Crippen molar-refractivity contribution in [2.24, 2.45) is 5.41 Å². The first kappa shape index (κ1) is 16.7. The lowest BCUT2D eigenvalue weighted by molar-refractivity contribution is -0.0493. The third-order valence-corrected chi connectivity index (χ3v) is 5.33. The van der Waals surface area contributed by atoms with Crippen molar-refractivity contribution in [3.05, 3.63) is 48.4 Å². The average Bonchev–Trinajstić information content (AvgIpc) is 3.12. The maximum absolute atomic E-state index is 9.13. The Hall–Kier alpha value is -3.44. The molecule has 2 aliphatic rings. The van der Waals surface area contributed by atoms with Crippen LogP contribution >= 0.6 is 0 Å². The first-order valence-corrected chi connectivity index (χ1v) is 9.16. The molecule has 140 valence electrons. The minimum absolute atomic E-state index is 0.195. The number of para-hydroxylation sites is 1. The fourth-order valence-electron chi connectivity index (χ4n) is 3.80. The number of anilines is 2. The van der Waals surface area contributed by atoms with Gasteiger partial charge in [0, 0.05) is 37.0 Å². The number of nitrogens with one attached hydrogen (secondary N) is 2. The lowest BCUT2D eigenvalue weighted by Crippen LogP contribution is -2.62. The van der Waals surface area contributed by atoms with Crippen LogP contribution in [0.25, 0.3) is 11.3 Å². The van der Waals surface area contributed by atoms with Crippen LogP contribution < -0.4 is 15.4 Å². The highest BCUT2D eigenvalue weighted by Crippen LogP contribution is 2.46. The Morgan fingerprint density at radius 3 is 2.82 bits per heavy atom. The molecule has 8 heteroatoms. The van der Waals surface area contributed by atoms with Crippen molar-refractivity contribution in [2.75, 3.05) is 18.4 Å². The molecule has 1 saturated heterocycles. The van der Waals surface area contributed by atoms with Gasteiger partial charge < -0.3 is 19.9 Å². The van der Waals surface area contributed by atoms with E-state index in [1.54, 1.807) is 6.07 Å². The molecule has 0 radical (unpaired) electrons. The summed E-state index contributed by atoms with van der Waals surface area (Å²) in [7, 11) is 0. The summed E-state index contributed by atoms with van der Waals surface area (Å²) in [5, 5.41) is 19.5. The van der Waals surface area contributed by atoms with Gasteiger partial charge in [0.15, 0.2) is 23.1 Å². The summed E-state index contributed by atoms with van der Waals surface area (Å²) in [6, 6.07) is 11.5. The summed E-state index contributed by atoms with van der Waals surface area (Å²) in [6.45, 7) is 2.19. The number of ether oxygens (including phenoxy) is 1. The second kappa shape index (κ2) is 6.62. The number of hydrogen-bond acceptors (Lipinski definition) is 8. The number of benzene rings is 1. The van der Waals surface area contributed by atoms with E-state index in [9.17, 15) is 0 Å². The van der Waals surface area contributed by atoms with Gasteiger partial charge in [-0.05, 0) is 25.0 Å². The molecule has 3 heterocycles. The zero-order chi connectivity index (χ0) is 19.0. The molecule has 0 unspecified atom stereocenters. The van der Waals surface area contributed by atoms with Crippen LogP contribution in [0, 0.1) is 16.7 Å². The number of rotatable bonds is 5. The van der Waals surface area contributed by atoms with E-state index in [4.69, 9.17) is 14.5 Å². The Morgan fingerprint density at radius 2 is 2.04 bits per heavy atom. The molecule has 3 aromatic rings. The summed E-state index contributed by atoms with van der Waals surface area (Å²) in [5.41, 5.74) is 1.49. The normalized spacial score (nSPS) is 17.4. The molecule has 2 N–H and O–H groups in total. The zero-order valence-electron chi connectivity index (χ0n) is 15.1. The van der Waals surface area contributed by atoms with Gasteiger partial charge in [-0.3, -0.25) is 0 Å². The molecule has 1 aliphatic carbocycles. The van der Waals surface area contributed by atoms with Gasteiger partial charge in [-0.1, -0.05) is 17.3 Å². The number of nitrogens with zero attached hydrogens (tertiary/aromatic N) is 4. The molecule has 0 bridgehead atoms. The largest absolute Gasteiger partial charge is 0.490 e. The SMILES string of the molecule is N#Cc1nccnc1Nc1cc(-c2ccccc2OC2CC3(CNC3)C2)on1. The molecular formula is C20H18N6O2. The maximum atomic E-state index is 9.13. The van der Waals surface area contributed by atoms with Crippen LogP contribution in [0.1, 0.15) is 18.5 Å². The van der Waals surface area contributed by atoms with Crippen molar-refractivity contribution >= 4 is 11.6 Å². The van der Waals surface area contributed by atoms with Crippen molar-refractivity contribution in [1.82, 2.24) is 20.4 Å². The molecule has 1 spiro atoms. The molecule has 1 saturated carbocycles. The molecule has 28 heavy (non-hydrogen) atoms. The monoisotopic (exact) mass is 374 g/mol. The smallest absolute Gasteiger partial charge is 0.183 e. The highest BCUT2D eigenvalue weighted by Gasteiger charge is 2.49. The summed E-state index contributed by atoms with van der Waals surface area (Å²) in [5.74, 6) is 2.16. The standard InChI is InChI=1S/C20H18N6O2/c21-10-15-19(24-6-5-23-15)25-18-7-17(28-26-18)14-3-1-2-4-16(14)27-13-8-20(9-13)11-22-12-20/h1-7,13,22H,8-9,11-12H2,(H,24,25,26). The Labute approximate surface area is 161 Å². The molecule has 0 amide bonds. The molecule has 8 nitrogen and oxygen atoms in total. The van der Waals surface area contributed by atoms with Gasteiger partial charge >= 0.3 is 0 Å². The molecular weight excluding hydrogens is 356 g/mol. The van der Waals surface area contributed by atoms with Gasteiger partial charge in [0.05, 0.1) is 11.7 Å². The molecule has 0 atom stereocenters. The molecule has 1 aliphatic heterocycles. The minimum Gasteiger partial charge on any atom is -0.490 e. The van der Waals surface area contributed by atoms with Crippen LogP contribution in [0.3, 0.4) is 0 Å². The fourth-order valence-corrected chi connectivity index (χ4v) is 3.80. The third-order valence-electron chi connectivity index (χ3n) is 5.33. The molecule has 5 rings (SSSR count). The van der Waals surface area contributed by atoms with Crippen LogP contribution in [0.2, 0.25) is 0 Å². The van der Waals surface area contributed by atoms with E-state index in [2.05, 4.69) is 25.8 Å². The van der Waals surface area contributed by atoms with Gasteiger partial charge in [0.2, 0.25) is 0 Å². The topological polar surface area (TPSA) is 109 Å². The molecule has 2 aromatic heterocycles. The van der Waals surface area contributed by atoms with Crippen molar-refractivity contribution in [1.29, 1.82) is 5.26 Å². The lowest BCUT2D eigenvalue weighted by Gasteiger charge is -2.53. The summed E-state index contributed by atoms with van der Waals surface area (Å²) in [4.78, 5) is 8.10. The first-order chi connectivity index (χ1) is 13.7. The number of hydrogen-bond donors (Lipinski definition) is 2. The number of nitriles is 1. The Balaban J connectivity index is 1.34. The number of aromatic nitrogens is 3. The van der Waals surface area contributed by atoms with Gasteiger partial charge in [-0.25, -0.2) is 9.97 Å². The predicted molar refractivity (Wildman–Crippen MR) is 101 cm³/mol. The van der Waals surface area contributed by atoms with Crippen LogP contribution in [-0.2, 0) is 0 Å². The van der Waals surface area contributed by atoms with Crippen molar-refractivity contribution in [2.45, 2.75) is 18.9 Å². The fraction of sp³-hybridized carbons (Fsp3) is 0.300. The van der Waals surface area contributed by atoms with Crippen LogP contribution in [0.4, 0.5) is 11.6 Å². The molecule has 2 fully saturated rings. The van der Waals surface area contributed by atoms with E-state index in [1.165, 1.54) is 12.4 Å². The van der Waals surface area contributed by atoms with E-state index in [-0.39, 0.29) is 11.8 Å². The minimum atomic E-state index is 0.195. The third kappa shape index (κ3) is 2.96. The summed E-state index contributed by atoms with van der Waals surface area (Å²) in [6.07, 6.45) is 5.38. The Bertz CT molecular complexity index is 1040. The van der Waals surface area contributed by atoms with Crippen LogP contribution in [0.15, 0.2) is 47.2 Å². The van der Waals surface area contributed by atoms with Gasteiger partial charge in [-0.2, -0.15) is 5.26 Å². The predicted octanol–water partition coefficient (Wildman–Crippen LogP) is 2.88. The zero-order valence-corrected chi connectivity index (χ0v) is 15.1. The average molecular weight is 374 g/mol. The van der Waals surface area contributed by atoms with E-state index >= 15 is 0 Å². The first-order valence-electron chi connectivity index (χ1n) is 9.16. The lowest BCUT2D eigenvalue weighted by atomic mass is 9.63. The van der Waals surface area contributed by atoms with Crippen LogP contribution in [0.5, 0.6) is 5.75 Å². The van der Waals surface area contributed by atoms with E-state index in [0.29, 0.717) is 22.8 Å². The highest BCUT2D eigenvalue weighted by molar-refractivity contribution is 5.69. The highest BCUT2D eigenvalue weighted by atomic mass is 16.5. The Kier molecular flexibility index (Phi) is 3.95. The Morgan fingerprint density at radius 1 is 1.21 bits per heavy atom. The van der Waals surface area contributed by atoms with E-state index in [0.717, 1.165) is 37.2 Å². The summed E-state index contributed by atoms with van der Waals surface area (Å²) >= 11 is 0. The second-order valence-electron chi connectivity index (χ2n) is 7.31. The van der Waals surface area contributed by atoms with Crippen molar-refractivity contribution in [3.63, 3.8) is 0 Å². The van der Waals surface area contributed by atoms with E-state index in [1.807, 2.05) is 30.3 Å². The van der Waals surface area contributed by atoms with E-state index < -0.39 is 0 Å². The van der Waals surface area contributed by atoms with Gasteiger partial charge in [-0.15, -0.1) is 0 Å². The second-order valence-corrected chi connectivity index (χ2v) is 7.31. The van der Waals surface area contributed by atoms with Crippen molar-refractivity contribution in [3.8, 4) is 23.1 Å². The maximum Gasteiger partial charge on any atom is 0.183 e. The summed E-state index contributed by atoms with van der Waals surface area (Å²) < 4.78 is 11.7. The van der Waals surface area contributed by atoms with Crippen molar-refractivity contribution < 1.29 is 9.26 Å². The van der Waals surface area contributed by atoms with Gasteiger partial charge in [0.1, 0.15) is 11.8 Å². The van der Waals surface area contributed by atoms with Gasteiger partial charge in [0.25, 0.3) is 0 Å². The molecule has 1 aromatic carbocycles. The quantitative estimate of drug-likeness (QED) is 0.702.